The molecule has 0 spiro atoms. The summed E-state index contributed by atoms with van der Waals surface area (Å²) in [4.78, 5) is 24.7. The number of hydrogen-bond donors (Lipinski definition) is 1. The van der Waals surface area contributed by atoms with Gasteiger partial charge in [-0.2, -0.15) is 0 Å². The number of carboxylic acids is 1. The maximum Gasteiger partial charge on any atom is 0.305 e. The van der Waals surface area contributed by atoms with Crippen molar-refractivity contribution in [2.45, 2.75) is 13.3 Å². The largest absolute Gasteiger partial charge is 0.481 e. The van der Waals surface area contributed by atoms with E-state index < -0.39 is 5.97 Å². The van der Waals surface area contributed by atoms with Gasteiger partial charge in [-0.3, -0.25) is 9.59 Å². The topological polar surface area (TPSA) is 70.8 Å². The van der Waals surface area contributed by atoms with Crippen LogP contribution < -0.4 is 4.90 Å². The molecule has 110 valence electrons. The third kappa shape index (κ3) is 3.95. The van der Waals surface area contributed by atoms with E-state index >= 15 is 0 Å². The second kappa shape index (κ2) is 6.58. The van der Waals surface area contributed by atoms with E-state index in [9.17, 15) is 9.59 Å². The fourth-order valence-electron chi connectivity index (χ4n) is 1.84. The standard InChI is InChI=1S/C15H14BrNO4/c1-10-2-4-11(5-3-10)17(9-8-14(18)19)15(20)12-6-7-13(16)21-12/h2-7H,8-9H2,1H3,(H,18,19). The fourth-order valence-corrected chi connectivity index (χ4v) is 2.15. The molecule has 0 radical (unpaired) electrons. The lowest BCUT2D eigenvalue weighted by atomic mass is 10.2. The van der Waals surface area contributed by atoms with Gasteiger partial charge in [-0.05, 0) is 47.1 Å². The average Bonchev–Trinajstić information content (AvgIpc) is 2.87. The molecule has 0 saturated heterocycles. The van der Waals surface area contributed by atoms with E-state index in [1.165, 1.54) is 4.90 Å². The minimum Gasteiger partial charge on any atom is -0.481 e. The lowest BCUT2D eigenvalue weighted by Gasteiger charge is -2.21. The maximum absolute atomic E-state index is 12.5. The Bertz CT molecular complexity index is 648. The molecule has 1 aromatic heterocycles. The summed E-state index contributed by atoms with van der Waals surface area (Å²) in [7, 11) is 0. The SMILES string of the molecule is Cc1ccc(N(CCC(=O)O)C(=O)c2ccc(Br)o2)cc1. The number of furan rings is 1. The van der Waals surface area contributed by atoms with Crippen molar-refractivity contribution >= 4 is 33.5 Å². The molecule has 0 fully saturated rings. The van der Waals surface area contributed by atoms with Crippen LogP contribution in [0.2, 0.25) is 0 Å². The van der Waals surface area contributed by atoms with Gasteiger partial charge in [0, 0.05) is 12.2 Å². The Morgan fingerprint density at radius 2 is 1.86 bits per heavy atom. The van der Waals surface area contributed by atoms with Crippen LogP contribution in [0.3, 0.4) is 0 Å². The minimum absolute atomic E-state index is 0.0789. The number of halogens is 1. The zero-order chi connectivity index (χ0) is 15.4. The summed E-state index contributed by atoms with van der Waals surface area (Å²) >= 11 is 3.15. The van der Waals surface area contributed by atoms with Crippen molar-refractivity contribution in [3.05, 3.63) is 52.4 Å². The highest BCUT2D eigenvalue weighted by atomic mass is 79.9. The van der Waals surface area contributed by atoms with Crippen LogP contribution in [0.4, 0.5) is 5.69 Å². The second-order valence-corrected chi connectivity index (χ2v) is 5.32. The summed E-state index contributed by atoms with van der Waals surface area (Å²) in [6, 6.07) is 10.5. The quantitative estimate of drug-likeness (QED) is 0.895. The van der Waals surface area contributed by atoms with E-state index in [-0.39, 0.29) is 24.6 Å². The number of amides is 1. The van der Waals surface area contributed by atoms with Gasteiger partial charge >= 0.3 is 5.97 Å². The maximum atomic E-state index is 12.5. The van der Waals surface area contributed by atoms with Gasteiger partial charge in [0.15, 0.2) is 10.4 Å². The van der Waals surface area contributed by atoms with Crippen molar-refractivity contribution in [3.8, 4) is 0 Å². The number of aliphatic carboxylic acids is 1. The van der Waals surface area contributed by atoms with Gasteiger partial charge in [0.2, 0.25) is 0 Å². The second-order valence-electron chi connectivity index (χ2n) is 4.54. The van der Waals surface area contributed by atoms with Crippen molar-refractivity contribution in [1.82, 2.24) is 0 Å². The zero-order valence-corrected chi connectivity index (χ0v) is 13.0. The minimum atomic E-state index is -0.958. The van der Waals surface area contributed by atoms with E-state index in [0.717, 1.165) is 5.56 Å². The number of rotatable bonds is 5. The summed E-state index contributed by atoms with van der Waals surface area (Å²) in [6.07, 6.45) is -0.137. The first-order chi connectivity index (χ1) is 9.97. The van der Waals surface area contributed by atoms with Gasteiger partial charge in [0.25, 0.3) is 5.91 Å². The van der Waals surface area contributed by atoms with E-state index in [0.29, 0.717) is 10.4 Å². The highest BCUT2D eigenvalue weighted by Crippen LogP contribution is 2.21. The lowest BCUT2D eigenvalue weighted by molar-refractivity contribution is -0.136. The molecule has 0 unspecified atom stereocenters. The van der Waals surface area contributed by atoms with Gasteiger partial charge in [0.05, 0.1) is 6.42 Å². The van der Waals surface area contributed by atoms with Gasteiger partial charge in [0.1, 0.15) is 0 Å². The van der Waals surface area contributed by atoms with E-state index in [2.05, 4.69) is 15.9 Å². The first-order valence-electron chi connectivity index (χ1n) is 6.33. The van der Waals surface area contributed by atoms with Crippen LogP contribution in [0.25, 0.3) is 0 Å². The van der Waals surface area contributed by atoms with Crippen LogP contribution in [-0.2, 0) is 4.79 Å². The molecule has 1 amide bonds. The number of aryl methyl sites for hydroxylation is 1. The third-order valence-corrected chi connectivity index (χ3v) is 3.35. The third-order valence-electron chi connectivity index (χ3n) is 2.92. The molecule has 1 heterocycles. The summed E-state index contributed by atoms with van der Waals surface area (Å²) in [5.41, 5.74) is 1.70. The predicted octanol–water partition coefficient (Wildman–Crippen LogP) is 3.47. The van der Waals surface area contributed by atoms with Crippen molar-refractivity contribution in [1.29, 1.82) is 0 Å². The van der Waals surface area contributed by atoms with Gasteiger partial charge in [-0.25, -0.2) is 0 Å². The Morgan fingerprint density at radius 3 is 2.38 bits per heavy atom. The number of carbonyl (C=O) groups is 2. The summed E-state index contributed by atoms with van der Waals surface area (Å²) in [5, 5.41) is 8.84. The number of carbonyl (C=O) groups excluding carboxylic acids is 1. The van der Waals surface area contributed by atoms with E-state index in [4.69, 9.17) is 9.52 Å². The Morgan fingerprint density at radius 1 is 1.19 bits per heavy atom. The van der Waals surface area contributed by atoms with Crippen molar-refractivity contribution in [3.63, 3.8) is 0 Å². The molecule has 0 aliphatic heterocycles. The molecule has 0 atom stereocenters. The molecule has 0 saturated carbocycles. The van der Waals surface area contributed by atoms with Crippen LogP contribution >= 0.6 is 15.9 Å². The molecule has 1 aromatic carbocycles. The smallest absolute Gasteiger partial charge is 0.305 e. The molecule has 0 aliphatic carbocycles. The zero-order valence-electron chi connectivity index (χ0n) is 11.4. The normalized spacial score (nSPS) is 10.4. The number of nitrogens with zero attached hydrogens (tertiary/aromatic N) is 1. The van der Waals surface area contributed by atoms with Crippen LogP contribution in [-0.4, -0.2) is 23.5 Å². The summed E-state index contributed by atoms with van der Waals surface area (Å²) in [6.45, 7) is 2.02. The average molecular weight is 352 g/mol. The highest BCUT2D eigenvalue weighted by Gasteiger charge is 2.21. The Labute approximate surface area is 130 Å². The number of carboxylic acid groups (broad SMARTS) is 1. The van der Waals surface area contributed by atoms with Crippen LogP contribution in [0.15, 0.2) is 45.5 Å². The lowest BCUT2D eigenvalue weighted by Crippen LogP contribution is -2.32. The summed E-state index contributed by atoms with van der Waals surface area (Å²) in [5.74, 6) is -1.17. The van der Waals surface area contributed by atoms with Crippen molar-refractivity contribution in [2.75, 3.05) is 11.4 Å². The van der Waals surface area contributed by atoms with Gasteiger partial charge < -0.3 is 14.4 Å². The number of benzene rings is 1. The molecule has 2 rings (SSSR count). The first-order valence-corrected chi connectivity index (χ1v) is 7.12. The molecule has 5 nitrogen and oxygen atoms in total. The monoisotopic (exact) mass is 351 g/mol. The number of hydrogen-bond acceptors (Lipinski definition) is 3. The van der Waals surface area contributed by atoms with Gasteiger partial charge in [-0.1, -0.05) is 17.7 Å². The van der Waals surface area contributed by atoms with Crippen LogP contribution in [0.1, 0.15) is 22.5 Å². The van der Waals surface area contributed by atoms with Crippen LogP contribution in [0.5, 0.6) is 0 Å². The first kappa shape index (κ1) is 15.3. The van der Waals surface area contributed by atoms with E-state index in [1.54, 1.807) is 24.3 Å². The van der Waals surface area contributed by atoms with Crippen LogP contribution in [0, 0.1) is 6.92 Å². The molecular formula is C15H14BrNO4. The van der Waals surface area contributed by atoms with E-state index in [1.807, 2.05) is 19.1 Å². The summed E-state index contributed by atoms with van der Waals surface area (Å²) < 4.78 is 5.71. The molecule has 0 bridgehead atoms. The van der Waals surface area contributed by atoms with Crippen molar-refractivity contribution in [2.24, 2.45) is 0 Å². The fraction of sp³-hybridized carbons (Fsp3) is 0.200. The van der Waals surface area contributed by atoms with Crippen molar-refractivity contribution < 1.29 is 19.1 Å². The Hall–Kier alpha value is -2.08. The number of anilines is 1. The van der Waals surface area contributed by atoms with Gasteiger partial charge in [-0.15, -0.1) is 0 Å². The molecular weight excluding hydrogens is 338 g/mol. The molecule has 2 aromatic rings. The molecule has 1 N–H and O–H groups in total. The highest BCUT2D eigenvalue weighted by molar-refractivity contribution is 9.10. The Balaban J connectivity index is 2.28. The Kier molecular flexibility index (Phi) is 4.80. The molecule has 21 heavy (non-hydrogen) atoms. The molecule has 0 aliphatic rings. The predicted molar refractivity (Wildman–Crippen MR) is 81.5 cm³/mol. The molecule has 6 heteroatoms.